The number of imidazole rings is 1. The van der Waals surface area contributed by atoms with E-state index in [-0.39, 0.29) is 18.1 Å². The molecule has 0 saturated heterocycles. The molecular formula is C10H15N3O4. The lowest BCUT2D eigenvalue weighted by Crippen LogP contribution is -2.16. The first kappa shape index (κ1) is 13.0. The number of esters is 2. The number of carbonyl (C=O) groups is 2. The van der Waals surface area contributed by atoms with Gasteiger partial charge in [-0.15, -0.1) is 0 Å². The normalized spacial score (nSPS) is 10.1. The molecule has 1 aromatic heterocycles. The summed E-state index contributed by atoms with van der Waals surface area (Å²) in [6.45, 7) is 1.77. The van der Waals surface area contributed by atoms with E-state index in [1.54, 1.807) is 0 Å². The van der Waals surface area contributed by atoms with Crippen molar-refractivity contribution in [2.24, 2.45) is 0 Å². The molecule has 0 amide bonds. The molecule has 1 heterocycles. The predicted molar refractivity (Wildman–Crippen MR) is 59.4 cm³/mol. The zero-order chi connectivity index (χ0) is 13.0. The van der Waals surface area contributed by atoms with Crippen LogP contribution in [0.25, 0.3) is 0 Å². The molecule has 0 aromatic carbocycles. The van der Waals surface area contributed by atoms with Crippen molar-refractivity contribution in [3.63, 3.8) is 0 Å². The first-order valence-corrected chi connectivity index (χ1v) is 5.05. The van der Waals surface area contributed by atoms with Gasteiger partial charge in [0.25, 0.3) is 0 Å². The van der Waals surface area contributed by atoms with Crippen molar-refractivity contribution in [2.75, 3.05) is 20.0 Å². The standard InChI is InChI=1S/C10H15N3O4/c1-4-6-12-8(10(15)17-3)9(11)13(6)5-7(14)16-2/h4-5,11H2,1-3H3. The van der Waals surface area contributed by atoms with Crippen LogP contribution in [0.15, 0.2) is 0 Å². The fourth-order valence-electron chi connectivity index (χ4n) is 1.40. The second-order valence-electron chi connectivity index (χ2n) is 3.27. The number of hydrogen-bond acceptors (Lipinski definition) is 6. The maximum absolute atomic E-state index is 11.4. The smallest absolute Gasteiger partial charge is 0.360 e. The Hall–Kier alpha value is -2.05. The molecule has 7 nitrogen and oxygen atoms in total. The number of nitrogen functional groups attached to an aromatic ring is 1. The van der Waals surface area contributed by atoms with Crippen molar-refractivity contribution in [3.05, 3.63) is 11.5 Å². The van der Waals surface area contributed by atoms with Crippen LogP contribution < -0.4 is 5.73 Å². The van der Waals surface area contributed by atoms with Gasteiger partial charge in [-0.05, 0) is 0 Å². The van der Waals surface area contributed by atoms with E-state index in [9.17, 15) is 9.59 Å². The molecule has 7 heteroatoms. The molecule has 17 heavy (non-hydrogen) atoms. The van der Waals surface area contributed by atoms with Gasteiger partial charge in [-0.2, -0.15) is 0 Å². The fraction of sp³-hybridized carbons (Fsp3) is 0.500. The predicted octanol–water partition coefficient (Wildman–Crippen LogP) is -0.0127. The third kappa shape index (κ3) is 2.55. The number of carbonyl (C=O) groups excluding carboxylic acids is 2. The van der Waals surface area contributed by atoms with E-state index in [0.717, 1.165) is 0 Å². The van der Waals surface area contributed by atoms with Gasteiger partial charge in [0.2, 0.25) is 0 Å². The summed E-state index contributed by atoms with van der Waals surface area (Å²) in [5, 5.41) is 0. The average Bonchev–Trinajstić information content (AvgIpc) is 2.65. The number of nitrogens with zero attached hydrogens (tertiary/aromatic N) is 2. The number of aromatic nitrogens is 2. The molecule has 0 saturated carbocycles. The van der Waals surface area contributed by atoms with Gasteiger partial charge in [-0.3, -0.25) is 4.79 Å². The van der Waals surface area contributed by atoms with Crippen LogP contribution in [0.2, 0.25) is 0 Å². The molecule has 1 aromatic rings. The van der Waals surface area contributed by atoms with Crippen LogP contribution in [-0.2, 0) is 27.2 Å². The summed E-state index contributed by atoms with van der Waals surface area (Å²) in [6.07, 6.45) is 0.540. The monoisotopic (exact) mass is 241 g/mol. The summed E-state index contributed by atoms with van der Waals surface area (Å²) in [5.74, 6) is -0.437. The van der Waals surface area contributed by atoms with Crippen molar-refractivity contribution in [1.82, 2.24) is 9.55 Å². The van der Waals surface area contributed by atoms with Crippen LogP contribution in [0.4, 0.5) is 5.82 Å². The van der Waals surface area contributed by atoms with Crippen molar-refractivity contribution in [2.45, 2.75) is 19.9 Å². The molecule has 0 bridgehead atoms. The Morgan fingerprint density at radius 1 is 1.35 bits per heavy atom. The van der Waals surface area contributed by atoms with Crippen LogP contribution in [0, 0.1) is 0 Å². The number of hydrogen-bond donors (Lipinski definition) is 1. The molecule has 0 atom stereocenters. The number of rotatable bonds is 4. The first-order valence-electron chi connectivity index (χ1n) is 5.05. The second-order valence-corrected chi connectivity index (χ2v) is 3.27. The van der Waals surface area contributed by atoms with E-state index < -0.39 is 11.9 Å². The summed E-state index contributed by atoms with van der Waals surface area (Å²) < 4.78 is 10.5. The topological polar surface area (TPSA) is 96.4 Å². The van der Waals surface area contributed by atoms with Crippen LogP contribution in [0.3, 0.4) is 0 Å². The van der Waals surface area contributed by atoms with Gasteiger partial charge in [-0.1, -0.05) is 6.92 Å². The highest BCUT2D eigenvalue weighted by molar-refractivity contribution is 5.92. The molecule has 0 spiro atoms. The van der Waals surface area contributed by atoms with Gasteiger partial charge in [0.05, 0.1) is 14.2 Å². The third-order valence-electron chi connectivity index (χ3n) is 2.30. The van der Waals surface area contributed by atoms with Crippen LogP contribution in [0.5, 0.6) is 0 Å². The lowest BCUT2D eigenvalue weighted by molar-refractivity contribution is -0.141. The minimum absolute atomic E-state index is 0.0215. The van der Waals surface area contributed by atoms with E-state index in [2.05, 4.69) is 14.5 Å². The lowest BCUT2D eigenvalue weighted by atomic mass is 10.4. The van der Waals surface area contributed by atoms with Gasteiger partial charge in [0, 0.05) is 6.42 Å². The molecule has 2 N–H and O–H groups in total. The van der Waals surface area contributed by atoms with E-state index in [1.165, 1.54) is 18.8 Å². The Bertz CT molecular complexity index is 439. The molecule has 0 aliphatic heterocycles. The highest BCUT2D eigenvalue weighted by atomic mass is 16.5. The van der Waals surface area contributed by atoms with Crippen LogP contribution in [0.1, 0.15) is 23.2 Å². The number of anilines is 1. The van der Waals surface area contributed by atoms with Gasteiger partial charge >= 0.3 is 11.9 Å². The first-order chi connectivity index (χ1) is 8.04. The van der Waals surface area contributed by atoms with Crippen molar-refractivity contribution in [3.8, 4) is 0 Å². The van der Waals surface area contributed by atoms with E-state index >= 15 is 0 Å². The highest BCUT2D eigenvalue weighted by Crippen LogP contribution is 2.16. The Labute approximate surface area is 98.5 Å². The van der Waals surface area contributed by atoms with Crippen molar-refractivity contribution >= 4 is 17.8 Å². The zero-order valence-corrected chi connectivity index (χ0v) is 10.0. The summed E-state index contributed by atoms with van der Waals surface area (Å²) >= 11 is 0. The van der Waals surface area contributed by atoms with Crippen molar-refractivity contribution < 1.29 is 19.1 Å². The summed E-state index contributed by atoms with van der Waals surface area (Å²) in [5.41, 5.74) is 5.77. The molecular weight excluding hydrogens is 226 g/mol. The molecule has 0 radical (unpaired) electrons. The summed E-state index contributed by atoms with van der Waals surface area (Å²) in [7, 11) is 2.52. The second kappa shape index (κ2) is 5.33. The largest absolute Gasteiger partial charge is 0.468 e. The molecule has 0 fully saturated rings. The molecule has 94 valence electrons. The molecule has 0 unspecified atom stereocenters. The number of ether oxygens (including phenoxy) is 2. The minimum atomic E-state index is -0.624. The number of methoxy groups -OCH3 is 2. The Morgan fingerprint density at radius 3 is 2.47 bits per heavy atom. The van der Waals surface area contributed by atoms with E-state index in [4.69, 9.17) is 5.73 Å². The maximum Gasteiger partial charge on any atom is 0.360 e. The Kier molecular flexibility index (Phi) is 4.08. The van der Waals surface area contributed by atoms with Crippen molar-refractivity contribution in [1.29, 1.82) is 0 Å². The average molecular weight is 241 g/mol. The van der Waals surface area contributed by atoms with Gasteiger partial charge in [0.1, 0.15) is 18.2 Å². The zero-order valence-electron chi connectivity index (χ0n) is 10.0. The molecule has 1 rings (SSSR count). The third-order valence-corrected chi connectivity index (χ3v) is 2.30. The van der Waals surface area contributed by atoms with Gasteiger partial charge in [0.15, 0.2) is 5.69 Å². The minimum Gasteiger partial charge on any atom is -0.468 e. The lowest BCUT2D eigenvalue weighted by Gasteiger charge is -2.06. The van der Waals surface area contributed by atoms with Crippen LogP contribution >= 0.6 is 0 Å². The summed E-state index contributed by atoms with van der Waals surface area (Å²) in [6, 6.07) is 0. The number of aryl methyl sites for hydroxylation is 1. The van der Waals surface area contributed by atoms with Gasteiger partial charge in [-0.25, -0.2) is 9.78 Å². The molecule has 0 aliphatic rings. The van der Waals surface area contributed by atoms with Gasteiger partial charge < -0.3 is 19.8 Å². The SMILES string of the molecule is CCc1nc(C(=O)OC)c(N)n1CC(=O)OC. The highest BCUT2D eigenvalue weighted by Gasteiger charge is 2.21. The Balaban J connectivity index is 3.15. The quantitative estimate of drug-likeness (QED) is 0.744. The fourth-order valence-corrected chi connectivity index (χ4v) is 1.40. The van der Waals surface area contributed by atoms with E-state index in [0.29, 0.717) is 12.2 Å². The maximum atomic E-state index is 11.4. The molecule has 0 aliphatic carbocycles. The van der Waals surface area contributed by atoms with E-state index in [1.807, 2.05) is 6.92 Å². The summed E-state index contributed by atoms with van der Waals surface area (Å²) in [4.78, 5) is 26.6. The Morgan fingerprint density at radius 2 is 2.00 bits per heavy atom. The number of nitrogens with two attached hydrogens (primary N) is 1. The van der Waals surface area contributed by atoms with Crippen LogP contribution in [-0.4, -0.2) is 35.7 Å².